The van der Waals surface area contributed by atoms with Crippen molar-refractivity contribution in [3.05, 3.63) is 94.0 Å². The molecule has 0 spiro atoms. The molecular formula is C25H28N2. The second-order valence-corrected chi connectivity index (χ2v) is 7.90. The predicted molar refractivity (Wildman–Crippen MR) is 116 cm³/mol. The Bertz CT molecular complexity index is 949. The minimum atomic E-state index is 0.212. The number of aryl methyl sites for hydroxylation is 4. The summed E-state index contributed by atoms with van der Waals surface area (Å²) in [4.78, 5) is 4.97. The first-order valence-electron chi connectivity index (χ1n) is 9.67. The highest BCUT2D eigenvalue weighted by Gasteiger charge is 2.36. The average molecular weight is 357 g/mol. The zero-order chi connectivity index (χ0) is 19.1. The summed E-state index contributed by atoms with van der Waals surface area (Å²) in [5.74, 6) is 0. The van der Waals surface area contributed by atoms with Crippen molar-refractivity contribution in [2.75, 3.05) is 16.8 Å². The van der Waals surface area contributed by atoms with E-state index in [-0.39, 0.29) is 6.17 Å². The van der Waals surface area contributed by atoms with Gasteiger partial charge in [0.15, 0.2) is 0 Å². The first-order valence-corrected chi connectivity index (χ1v) is 9.67. The van der Waals surface area contributed by atoms with Crippen molar-refractivity contribution in [1.29, 1.82) is 0 Å². The Morgan fingerprint density at radius 2 is 1.33 bits per heavy atom. The molecule has 2 heteroatoms. The highest BCUT2D eigenvalue weighted by atomic mass is 15.4. The molecule has 0 bridgehead atoms. The molecule has 1 aliphatic heterocycles. The van der Waals surface area contributed by atoms with E-state index in [9.17, 15) is 0 Å². The SMILES string of the molecule is Cc1ccc(CN2c3ccccc3N(C)C2c2c(C)cc(C)cc2C)cc1. The molecule has 0 N–H and O–H groups in total. The number of para-hydroxylation sites is 2. The third kappa shape index (κ3) is 3.10. The molecule has 1 aliphatic rings. The monoisotopic (exact) mass is 356 g/mol. The maximum absolute atomic E-state index is 2.55. The van der Waals surface area contributed by atoms with Gasteiger partial charge in [-0.2, -0.15) is 0 Å². The highest BCUT2D eigenvalue weighted by molar-refractivity contribution is 5.78. The van der Waals surface area contributed by atoms with Crippen LogP contribution in [0.15, 0.2) is 60.7 Å². The zero-order valence-corrected chi connectivity index (χ0v) is 17.0. The molecule has 0 radical (unpaired) electrons. The molecule has 2 nitrogen and oxygen atoms in total. The van der Waals surface area contributed by atoms with Crippen molar-refractivity contribution in [3.8, 4) is 0 Å². The van der Waals surface area contributed by atoms with Crippen LogP contribution in [-0.2, 0) is 6.54 Å². The second-order valence-electron chi connectivity index (χ2n) is 7.90. The molecule has 0 saturated heterocycles. The van der Waals surface area contributed by atoms with Crippen LogP contribution < -0.4 is 9.80 Å². The Kier molecular flexibility index (Phi) is 4.43. The largest absolute Gasteiger partial charge is 0.349 e. The molecule has 1 unspecified atom stereocenters. The Labute approximate surface area is 163 Å². The van der Waals surface area contributed by atoms with Gasteiger partial charge < -0.3 is 9.80 Å². The zero-order valence-electron chi connectivity index (χ0n) is 17.0. The summed E-state index contributed by atoms with van der Waals surface area (Å²) >= 11 is 0. The minimum Gasteiger partial charge on any atom is -0.349 e. The van der Waals surface area contributed by atoms with E-state index in [1.807, 2.05) is 0 Å². The Hall–Kier alpha value is -2.74. The van der Waals surface area contributed by atoms with Gasteiger partial charge in [0.1, 0.15) is 6.17 Å². The second kappa shape index (κ2) is 6.77. The van der Waals surface area contributed by atoms with Gasteiger partial charge in [0, 0.05) is 19.2 Å². The fraction of sp³-hybridized carbons (Fsp3) is 0.280. The average Bonchev–Trinajstić information content (AvgIpc) is 2.89. The molecule has 0 saturated carbocycles. The van der Waals surface area contributed by atoms with Gasteiger partial charge in [0.25, 0.3) is 0 Å². The number of rotatable bonds is 3. The highest BCUT2D eigenvalue weighted by Crippen LogP contribution is 2.47. The van der Waals surface area contributed by atoms with Crippen LogP contribution in [0.3, 0.4) is 0 Å². The summed E-state index contributed by atoms with van der Waals surface area (Å²) < 4.78 is 0. The van der Waals surface area contributed by atoms with E-state index in [4.69, 9.17) is 0 Å². The fourth-order valence-electron chi connectivity index (χ4n) is 4.49. The van der Waals surface area contributed by atoms with Crippen LogP contribution in [0.2, 0.25) is 0 Å². The Morgan fingerprint density at radius 3 is 1.96 bits per heavy atom. The van der Waals surface area contributed by atoms with E-state index in [1.54, 1.807) is 0 Å². The van der Waals surface area contributed by atoms with Gasteiger partial charge in [-0.25, -0.2) is 0 Å². The standard InChI is InChI=1S/C25H28N2/c1-17-10-12-21(13-11-17)16-27-23-9-7-6-8-22(23)26(5)25(27)24-19(3)14-18(2)15-20(24)4/h6-15,25H,16H2,1-5H3. The van der Waals surface area contributed by atoms with Crippen LogP contribution in [0.4, 0.5) is 11.4 Å². The fourth-order valence-corrected chi connectivity index (χ4v) is 4.49. The van der Waals surface area contributed by atoms with E-state index in [0.717, 1.165) is 6.54 Å². The molecule has 1 heterocycles. The topological polar surface area (TPSA) is 6.48 Å². The van der Waals surface area contributed by atoms with Crippen molar-refractivity contribution >= 4 is 11.4 Å². The molecule has 0 aromatic heterocycles. The summed E-state index contributed by atoms with van der Waals surface area (Å²) in [5, 5.41) is 0. The van der Waals surface area contributed by atoms with Crippen molar-refractivity contribution in [1.82, 2.24) is 0 Å². The molecule has 0 fully saturated rings. The smallest absolute Gasteiger partial charge is 0.129 e. The first kappa shape index (κ1) is 17.7. The van der Waals surface area contributed by atoms with E-state index in [2.05, 4.69) is 105 Å². The minimum absolute atomic E-state index is 0.212. The van der Waals surface area contributed by atoms with Gasteiger partial charge in [0.05, 0.1) is 11.4 Å². The van der Waals surface area contributed by atoms with Gasteiger partial charge in [-0.05, 0) is 56.5 Å². The van der Waals surface area contributed by atoms with Gasteiger partial charge >= 0.3 is 0 Å². The molecule has 0 aliphatic carbocycles. The normalized spacial score (nSPS) is 16.0. The molecule has 138 valence electrons. The molecule has 1 atom stereocenters. The van der Waals surface area contributed by atoms with Crippen molar-refractivity contribution in [2.24, 2.45) is 0 Å². The number of benzene rings is 3. The molecule has 3 aromatic carbocycles. The lowest BCUT2D eigenvalue weighted by molar-refractivity contribution is 0.635. The molecule has 4 rings (SSSR count). The number of hydrogen-bond donors (Lipinski definition) is 0. The third-order valence-corrected chi connectivity index (χ3v) is 5.70. The van der Waals surface area contributed by atoms with Crippen LogP contribution in [0.25, 0.3) is 0 Å². The molecule has 3 aromatic rings. The van der Waals surface area contributed by atoms with Crippen LogP contribution in [-0.4, -0.2) is 7.05 Å². The summed E-state index contributed by atoms with van der Waals surface area (Å²) in [5.41, 5.74) is 10.7. The summed E-state index contributed by atoms with van der Waals surface area (Å²) in [6.07, 6.45) is 0.212. The Balaban J connectivity index is 1.83. The van der Waals surface area contributed by atoms with Crippen LogP contribution in [0.1, 0.15) is 39.5 Å². The first-order chi connectivity index (χ1) is 13.0. The quantitative estimate of drug-likeness (QED) is 0.561. The lowest BCUT2D eigenvalue weighted by atomic mass is 9.96. The van der Waals surface area contributed by atoms with Gasteiger partial charge in [-0.1, -0.05) is 59.7 Å². The summed E-state index contributed by atoms with van der Waals surface area (Å²) in [6, 6.07) is 22.3. The number of anilines is 2. The van der Waals surface area contributed by atoms with Crippen molar-refractivity contribution in [3.63, 3.8) is 0 Å². The van der Waals surface area contributed by atoms with E-state index in [1.165, 1.54) is 44.8 Å². The maximum atomic E-state index is 2.55. The number of fused-ring (bicyclic) bond motifs is 1. The van der Waals surface area contributed by atoms with E-state index >= 15 is 0 Å². The third-order valence-electron chi connectivity index (χ3n) is 5.70. The van der Waals surface area contributed by atoms with Crippen LogP contribution in [0, 0.1) is 27.7 Å². The van der Waals surface area contributed by atoms with Crippen molar-refractivity contribution < 1.29 is 0 Å². The summed E-state index contributed by atoms with van der Waals surface area (Å²) in [7, 11) is 2.22. The van der Waals surface area contributed by atoms with Gasteiger partial charge in [-0.15, -0.1) is 0 Å². The maximum Gasteiger partial charge on any atom is 0.129 e. The Morgan fingerprint density at radius 1 is 0.741 bits per heavy atom. The van der Waals surface area contributed by atoms with Crippen LogP contribution in [0.5, 0.6) is 0 Å². The number of hydrogen-bond acceptors (Lipinski definition) is 2. The van der Waals surface area contributed by atoms with E-state index in [0.29, 0.717) is 0 Å². The van der Waals surface area contributed by atoms with Crippen molar-refractivity contribution in [2.45, 2.75) is 40.4 Å². The number of nitrogens with zero attached hydrogens (tertiary/aromatic N) is 2. The lowest BCUT2D eigenvalue weighted by Gasteiger charge is -2.34. The molecule has 0 amide bonds. The van der Waals surface area contributed by atoms with Gasteiger partial charge in [0.2, 0.25) is 0 Å². The lowest BCUT2D eigenvalue weighted by Crippen LogP contribution is -2.34. The molecule has 27 heavy (non-hydrogen) atoms. The van der Waals surface area contributed by atoms with E-state index < -0.39 is 0 Å². The van der Waals surface area contributed by atoms with Crippen LogP contribution >= 0.6 is 0 Å². The summed E-state index contributed by atoms with van der Waals surface area (Å²) in [6.45, 7) is 9.72. The van der Waals surface area contributed by atoms with Gasteiger partial charge in [-0.3, -0.25) is 0 Å². The predicted octanol–water partition coefficient (Wildman–Crippen LogP) is 6.08. The molecular weight excluding hydrogens is 328 g/mol.